The number of nitrogens with zero attached hydrogens (tertiary/aromatic N) is 3. The summed E-state index contributed by atoms with van der Waals surface area (Å²) in [7, 11) is 2.16. The Kier molecular flexibility index (Phi) is 3.41. The first-order valence-corrected chi connectivity index (χ1v) is 5.82. The fraction of sp³-hybridized carbons (Fsp3) is 0.583. The maximum Gasteiger partial charge on any atom is 0.0569 e. The minimum Gasteiger partial charge on any atom is -0.368 e. The van der Waals surface area contributed by atoms with Gasteiger partial charge in [0.2, 0.25) is 0 Å². The minimum atomic E-state index is 0.0153. The highest BCUT2D eigenvalue weighted by Gasteiger charge is 2.14. The summed E-state index contributed by atoms with van der Waals surface area (Å²) in [4.78, 5) is 9.11. The average Bonchev–Trinajstić information content (AvgIpc) is 2.30. The van der Waals surface area contributed by atoms with Crippen LogP contribution in [0.4, 0.5) is 5.69 Å². The SMILES string of the molecule is CC(N)c1ccc(N2CCN(C)CC2)cn1. The zero-order valence-corrected chi connectivity index (χ0v) is 10.1. The van der Waals surface area contributed by atoms with E-state index in [-0.39, 0.29) is 6.04 Å². The number of hydrogen-bond acceptors (Lipinski definition) is 4. The number of piperazine rings is 1. The summed E-state index contributed by atoms with van der Waals surface area (Å²) in [5.74, 6) is 0. The first-order chi connectivity index (χ1) is 7.66. The molecule has 0 amide bonds. The van der Waals surface area contributed by atoms with Gasteiger partial charge in [0.05, 0.1) is 17.6 Å². The molecule has 1 aliphatic rings. The molecule has 1 fully saturated rings. The molecule has 0 spiro atoms. The van der Waals surface area contributed by atoms with Crippen molar-refractivity contribution < 1.29 is 0 Å². The molecule has 1 saturated heterocycles. The second kappa shape index (κ2) is 4.80. The van der Waals surface area contributed by atoms with Crippen LogP contribution in [0.25, 0.3) is 0 Å². The largest absolute Gasteiger partial charge is 0.368 e. The highest BCUT2D eigenvalue weighted by Crippen LogP contribution is 2.16. The van der Waals surface area contributed by atoms with Crippen LogP contribution in [0.3, 0.4) is 0 Å². The Morgan fingerprint density at radius 3 is 2.44 bits per heavy atom. The van der Waals surface area contributed by atoms with E-state index in [1.807, 2.05) is 19.2 Å². The van der Waals surface area contributed by atoms with Crippen LogP contribution < -0.4 is 10.6 Å². The third kappa shape index (κ3) is 2.51. The molecule has 16 heavy (non-hydrogen) atoms. The van der Waals surface area contributed by atoms with Crippen LogP contribution >= 0.6 is 0 Å². The lowest BCUT2D eigenvalue weighted by molar-refractivity contribution is 0.313. The molecule has 1 aromatic heterocycles. The molecule has 1 unspecified atom stereocenters. The van der Waals surface area contributed by atoms with Crippen molar-refractivity contribution in [3.8, 4) is 0 Å². The molecule has 88 valence electrons. The lowest BCUT2D eigenvalue weighted by Gasteiger charge is -2.33. The van der Waals surface area contributed by atoms with Gasteiger partial charge in [-0.15, -0.1) is 0 Å². The van der Waals surface area contributed by atoms with Crippen molar-refractivity contribution in [2.45, 2.75) is 13.0 Å². The molecular formula is C12H20N4. The number of nitrogens with two attached hydrogens (primary N) is 1. The Bertz CT molecular complexity index is 325. The number of likely N-dealkylation sites (N-methyl/N-ethyl adjacent to an activating group) is 1. The zero-order valence-electron chi connectivity index (χ0n) is 10.1. The van der Waals surface area contributed by atoms with Crippen molar-refractivity contribution in [1.29, 1.82) is 0 Å². The van der Waals surface area contributed by atoms with E-state index in [1.165, 1.54) is 5.69 Å². The number of rotatable bonds is 2. The van der Waals surface area contributed by atoms with Gasteiger partial charge in [0.1, 0.15) is 0 Å². The van der Waals surface area contributed by atoms with E-state index in [0.29, 0.717) is 0 Å². The van der Waals surface area contributed by atoms with Gasteiger partial charge >= 0.3 is 0 Å². The molecule has 0 aliphatic carbocycles. The molecule has 0 saturated carbocycles. The molecule has 1 aromatic rings. The highest BCUT2D eigenvalue weighted by atomic mass is 15.2. The average molecular weight is 220 g/mol. The molecule has 2 N–H and O–H groups in total. The topological polar surface area (TPSA) is 45.4 Å². The Morgan fingerprint density at radius 1 is 1.25 bits per heavy atom. The van der Waals surface area contributed by atoms with Gasteiger partial charge in [0.25, 0.3) is 0 Å². The van der Waals surface area contributed by atoms with Crippen LogP contribution in [0, 0.1) is 0 Å². The lowest BCUT2D eigenvalue weighted by Crippen LogP contribution is -2.44. The van der Waals surface area contributed by atoms with Crippen molar-refractivity contribution in [2.24, 2.45) is 5.73 Å². The van der Waals surface area contributed by atoms with Gasteiger partial charge in [-0.25, -0.2) is 0 Å². The fourth-order valence-corrected chi connectivity index (χ4v) is 1.92. The van der Waals surface area contributed by atoms with E-state index in [0.717, 1.165) is 31.9 Å². The van der Waals surface area contributed by atoms with Crippen molar-refractivity contribution in [1.82, 2.24) is 9.88 Å². The maximum absolute atomic E-state index is 5.78. The molecule has 4 nitrogen and oxygen atoms in total. The lowest BCUT2D eigenvalue weighted by atomic mass is 10.2. The molecule has 2 heterocycles. The predicted octanol–water partition coefficient (Wildman–Crippen LogP) is 0.853. The first-order valence-electron chi connectivity index (χ1n) is 5.82. The summed E-state index contributed by atoms with van der Waals surface area (Å²) < 4.78 is 0. The van der Waals surface area contributed by atoms with Crippen LogP contribution in [0.15, 0.2) is 18.3 Å². The summed E-state index contributed by atoms with van der Waals surface area (Å²) in [5, 5.41) is 0. The van der Waals surface area contributed by atoms with Crippen LogP contribution in [-0.4, -0.2) is 43.1 Å². The third-order valence-electron chi connectivity index (χ3n) is 3.11. The van der Waals surface area contributed by atoms with Crippen molar-refractivity contribution in [3.63, 3.8) is 0 Å². The smallest absolute Gasteiger partial charge is 0.0569 e. The van der Waals surface area contributed by atoms with E-state index in [1.54, 1.807) is 0 Å². The molecule has 1 aliphatic heterocycles. The molecule has 0 aromatic carbocycles. The van der Waals surface area contributed by atoms with E-state index in [2.05, 4.69) is 27.9 Å². The maximum atomic E-state index is 5.78. The van der Waals surface area contributed by atoms with Gasteiger partial charge in [-0.3, -0.25) is 4.98 Å². The Morgan fingerprint density at radius 2 is 1.94 bits per heavy atom. The quantitative estimate of drug-likeness (QED) is 0.802. The fourth-order valence-electron chi connectivity index (χ4n) is 1.92. The summed E-state index contributed by atoms with van der Waals surface area (Å²) in [6, 6.07) is 4.16. The zero-order chi connectivity index (χ0) is 11.5. The van der Waals surface area contributed by atoms with Crippen LogP contribution in [0.5, 0.6) is 0 Å². The van der Waals surface area contributed by atoms with Crippen molar-refractivity contribution >= 4 is 5.69 Å². The Labute approximate surface area is 97.1 Å². The van der Waals surface area contributed by atoms with Crippen LogP contribution in [-0.2, 0) is 0 Å². The molecule has 0 radical (unpaired) electrons. The predicted molar refractivity (Wildman–Crippen MR) is 66.5 cm³/mol. The second-order valence-corrected chi connectivity index (χ2v) is 4.52. The summed E-state index contributed by atoms with van der Waals surface area (Å²) in [5.41, 5.74) is 7.94. The van der Waals surface area contributed by atoms with Gasteiger partial charge in [0, 0.05) is 32.2 Å². The van der Waals surface area contributed by atoms with Crippen LogP contribution in [0.1, 0.15) is 18.7 Å². The summed E-state index contributed by atoms with van der Waals surface area (Å²) in [6.45, 7) is 6.35. The Hall–Kier alpha value is -1.13. The third-order valence-corrected chi connectivity index (χ3v) is 3.11. The second-order valence-electron chi connectivity index (χ2n) is 4.52. The van der Waals surface area contributed by atoms with Gasteiger partial charge in [0.15, 0.2) is 0 Å². The number of anilines is 1. The minimum absolute atomic E-state index is 0.0153. The van der Waals surface area contributed by atoms with E-state index >= 15 is 0 Å². The van der Waals surface area contributed by atoms with Gasteiger partial charge in [-0.2, -0.15) is 0 Å². The van der Waals surface area contributed by atoms with Crippen molar-refractivity contribution in [3.05, 3.63) is 24.0 Å². The molecule has 0 bridgehead atoms. The normalized spacial score (nSPS) is 19.8. The molecule has 1 atom stereocenters. The van der Waals surface area contributed by atoms with Gasteiger partial charge < -0.3 is 15.5 Å². The first kappa shape index (κ1) is 11.4. The molecule has 2 rings (SSSR count). The molecular weight excluding hydrogens is 200 g/mol. The van der Waals surface area contributed by atoms with Gasteiger partial charge in [-0.1, -0.05) is 0 Å². The number of hydrogen-bond donors (Lipinski definition) is 1. The standard InChI is InChI=1S/C12H20N4/c1-10(13)12-4-3-11(9-14-12)16-7-5-15(2)6-8-16/h3-4,9-10H,5-8,13H2,1-2H3. The van der Waals surface area contributed by atoms with E-state index in [9.17, 15) is 0 Å². The molecule has 4 heteroatoms. The van der Waals surface area contributed by atoms with Crippen LogP contribution in [0.2, 0.25) is 0 Å². The summed E-state index contributed by atoms with van der Waals surface area (Å²) in [6.07, 6.45) is 1.93. The van der Waals surface area contributed by atoms with E-state index < -0.39 is 0 Å². The van der Waals surface area contributed by atoms with Crippen molar-refractivity contribution in [2.75, 3.05) is 38.1 Å². The summed E-state index contributed by atoms with van der Waals surface area (Å²) >= 11 is 0. The van der Waals surface area contributed by atoms with Gasteiger partial charge in [-0.05, 0) is 26.1 Å². The van der Waals surface area contributed by atoms with E-state index in [4.69, 9.17) is 5.73 Å². The number of aromatic nitrogens is 1. The number of pyridine rings is 1. The Balaban J connectivity index is 2.04. The highest BCUT2D eigenvalue weighted by molar-refractivity contribution is 5.45. The monoisotopic (exact) mass is 220 g/mol.